The van der Waals surface area contributed by atoms with Crippen LogP contribution < -0.4 is 10.5 Å². The van der Waals surface area contributed by atoms with Gasteiger partial charge >= 0.3 is 0 Å². The first-order valence-corrected chi connectivity index (χ1v) is 8.28. The molecule has 1 aliphatic carbocycles. The summed E-state index contributed by atoms with van der Waals surface area (Å²) in [4.78, 5) is 17.6. The monoisotopic (exact) mass is 336 g/mol. The van der Waals surface area contributed by atoms with Crippen molar-refractivity contribution in [3.05, 3.63) is 46.8 Å². The largest absolute Gasteiger partial charge is 0.497 e. The number of hydrogen-bond donors (Lipinski definition) is 1. The molecule has 3 aromatic rings. The maximum absolute atomic E-state index is 12.8. The highest BCUT2D eigenvalue weighted by atomic mass is 16.5. The number of aromatic nitrogens is 3. The van der Waals surface area contributed by atoms with Crippen molar-refractivity contribution >= 4 is 22.5 Å². The molecule has 2 N–H and O–H groups in total. The van der Waals surface area contributed by atoms with Gasteiger partial charge < -0.3 is 10.5 Å². The molecule has 25 heavy (non-hydrogen) atoms. The number of pyridine rings is 1. The number of nitrogens with zero attached hydrogens (tertiary/aromatic N) is 3. The Morgan fingerprint density at radius 1 is 1.32 bits per heavy atom. The van der Waals surface area contributed by atoms with Crippen LogP contribution in [-0.2, 0) is 13.5 Å². The number of ketones is 1. The number of aryl methyl sites for hydroxylation is 2. The Morgan fingerprint density at radius 2 is 2.12 bits per heavy atom. The van der Waals surface area contributed by atoms with E-state index in [9.17, 15) is 4.79 Å². The lowest BCUT2D eigenvalue weighted by Gasteiger charge is -2.25. The fourth-order valence-electron chi connectivity index (χ4n) is 3.78. The number of carbonyl (C=O) groups excluding carboxylic acids is 1. The summed E-state index contributed by atoms with van der Waals surface area (Å²) >= 11 is 0. The molecule has 4 rings (SSSR count). The molecule has 6 heteroatoms. The molecule has 2 heterocycles. The Labute approximate surface area is 145 Å². The molecule has 0 bridgehead atoms. The van der Waals surface area contributed by atoms with Crippen molar-refractivity contribution in [2.75, 3.05) is 12.8 Å². The molecule has 0 spiro atoms. The fourth-order valence-corrected chi connectivity index (χ4v) is 3.78. The number of methoxy groups -OCH3 is 1. The van der Waals surface area contributed by atoms with Gasteiger partial charge in [-0.05, 0) is 37.0 Å². The van der Waals surface area contributed by atoms with E-state index in [1.54, 1.807) is 11.8 Å². The van der Waals surface area contributed by atoms with Crippen LogP contribution in [-0.4, -0.2) is 27.7 Å². The molecule has 128 valence electrons. The zero-order valence-corrected chi connectivity index (χ0v) is 14.5. The maximum Gasteiger partial charge on any atom is 0.167 e. The first-order chi connectivity index (χ1) is 12.0. The number of benzene rings is 1. The summed E-state index contributed by atoms with van der Waals surface area (Å²) in [6, 6.07) is 7.87. The van der Waals surface area contributed by atoms with E-state index < -0.39 is 0 Å². The van der Waals surface area contributed by atoms with Crippen molar-refractivity contribution in [1.29, 1.82) is 0 Å². The molecule has 6 nitrogen and oxygen atoms in total. The van der Waals surface area contributed by atoms with Crippen LogP contribution in [0.1, 0.15) is 39.6 Å². The number of Topliss-reactive ketones (excluding diaryl/α,β-unsaturated/α-hetero) is 1. The Hall–Kier alpha value is -2.89. The number of rotatable bonds is 2. The Balaban J connectivity index is 1.84. The zero-order chi connectivity index (χ0) is 17.7. The van der Waals surface area contributed by atoms with E-state index in [2.05, 4.69) is 5.10 Å². The van der Waals surface area contributed by atoms with Gasteiger partial charge in [0.2, 0.25) is 0 Å². The molecule has 1 aliphatic rings. The highest BCUT2D eigenvalue weighted by Crippen LogP contribution is 2.38. The van der Waals surface area contributed by atoms with E-state index in [1.807, 2.05) is 38.2 Å². The molecule has 0 saturated heterocycles. The van der Waals surface area contributed by atoms with Gasteiger partial charge in [0.25, 0.3) is 0 Å². The second-order valence-electron chi connectivity index (χ2n) is 6.56. The van der Waals surface area contributed by atoms with Crippen molar-refractivity contribution in [3.63, 3.8) is 0 Å². The smallest absolute Gasteiger partial charge is 0.167 e. The lowest BCUT2D eigenvalue weighted by atomic mass is 9.80. The van der Waals surface area contributed by atoms with Gasteiger partial charge in [0.05, 0.1) is 35.1 Å². The van der Waals surface area contributed by atoms with Crippen molar-refractivity contribution < 1.29 is 9.53 Å². The van der Waals surface area contributed by atoms with Gasteiger partial charge in [0, 0.05) is 13.5 Å². The molecule has 0 amide bonds. The molecular formula is C19H20N4O2. The van der Waals surface area contributed by atoms with Crippen LogP contribution in [0.4, 0.5) is 5.69 Å². The molecule has 1 atom stereocenters. The number of carbonyl (C=O) groups is 1. The van der Waals surface area contributed by atoms with Crippen LogP contribution in [0.5, 0.6) is 5.75 Å². The summed E-state index contributed by atoms with van der Waals surface area (Å²) in [5.74, 6) is 0.916. The van der Waals surface area contributed by atoms with Gasteiger partial charge in [-0.25, -0.2) is 4.98 Å². The number of nitrogens with two attached hydrogens (primary N) is 1. The number of ether oxygens (including phenoxy) is 1. The Kier molecular flexibility index (Phi) is 3.49. The molecular weight excluding hydrogens is 316 g/mol. The maximum atomic E-state index is 12.8. The average molecular weight is 336 g/mol. The predicted octanol–water partition coefficient (Wildman–Crippen LogP) is 2.78. The third kappa shape index (κ3) is 2.36. The van der Waals surface area contributed by atoms with Gasteiger partial charge in [-0.1, -0.05) is 12.1 Å². The molecule has 0 fully saturated rings. The van der Waals surface area contributed by atoms with Gasteiger partial charge in [0.15, 0.2) is 11.4 Å². The number of hydrogen-bond acceptors (Lipinski definition) is 5. The number of anilines is 1. The minimum Gasteiger partial charge on any atom is -0.497 e. The lowest BCUT2D eigenvalue weighted by molar-refractivity contribution is 0.0964. The van der Waals surface area contributed by atoms with Gasteiger partial charge in [-0.15, -0.1) is 0 Å². The molecule has 1 unspecified atom stereocenters. The third-order valence-corrected chi connectivity index (χ3v) is 4.98. The second kappa shape index (κ2) is 5.58. The summed E-state index contributed by atoms with van der Waals surface area (Å²) in [6.45, 7) is 1.89. The second-order valence-corrected chi connectivity index (χ2v) is 6.56. The minimum absolute atomic E-state index is 0.0456. The van der Waals surface area contributed by atoms with Crippen LogP contribution in [0.3, 0.4) is 0 Å². The first-order valence-electron chi connectivity index (χ1n) is 8.28. The Bertz CT molecular complexity index is 1010. The minimum atomic E-state index is 0.0456. The van der Waals surface area contributed by atoms with E-state index in [1.165, 1.54) is 0 Å². The summed E-state index contributed by atoms with van der Waals surface area (Å²) in [7, 11) is 3.49. The van der Waals surface area contributed by atoms with Gasteiger partial charge in [-0.3, -0.25) is 9.48 Å². The molecule has 2 aromatic heterocycles. The predicted molar refractivity (Wildman–Crippen MR) is 96.0 cm³/mol. The van der Waals surface area contributed by atoms with E-state index in [4.69, 9.17) is 15.5 Å². The average Bonchev–Trinajstić information content (AvgIpc) is 2.88. The van der Waals surface area contributed by atoms with Crippen molar-refractivity contribution in [2.45, 2.75) is 25.7 Å². The van der Waals surface area contributed by atoms with Gasteiger partial charge in [0.1, 0.15) is 5.75 Å². The number of nitrogen functional groups attached to an aromatic ring is 1. The molecule has 1 aromatic carbocycles. The summed E-state index contributed by atoms with van der Waals surface area (Å²) in [5, 5.41) is 5.18. The molecule has 0 radical (unpaired) electrons. The third-order valence-electron chi connectivity index (χ3n) is 4.98. The SMILES string of the molecule is COc1cccc(C2CC(=O)c3c(nc4c(c(C)nn4C)c3N)C2)c1. The summed E-state index contributed by atoms with van der Waals surface area (Å²) in [6.07, 6.45) is 1.11. The van der Waals surface area contributed by atoms with E-state index in [-0.39, 0.29) is 11.7 Å². The zero-order valence-electron chi connectivity index (χ0n) is 14.5. The summed E-state index contributed by atoms with van der Waals surface area (Å²) in [5.41, 5.74) is 10.8. The molecule has 0 saturated carbocycles. The summed E-state index contributed by atoms with van der Waals surface area (Å²) < 4.78 is 7.03. The lowest BCUT2D eigenvalue weighted by Crippen LogP contribution is -2.22. The van der Waals surface area contributed by atoms with Crippen LogP contribution in [0.2, 0.25) is 0 Å². The number of fused-ring (bicyclic) bond motifs is 2. The highest BCUT2D eigenvalue weighted by Gasteiger charge is 2.31. The topological polar surface area (TPSA) is 83.0 Å². The quantitative estimate of drug-likeness (QED) is 0.778. The van der Waals surface area contributed by atoms with Crippen LogP contribution >= 0.6 is 0 Å². The van der Waals surface area contributed by atoms with Crippen molar-refractivity contribution in [2.24, 2.45) is 7.05 Å². The van der Waals surface area contributed by atoms with Crippen molar-refractivity contribution in [1.82, 2.24) is 14.8 Å². The standard InChI is InChI=1S/C19H20N4O2/c1-10-16-18(20)17-14(21-19(16)23(2)22-10)8-12(9-15(17)24)11-5-4-6-13(7-11)25-3/h4-7,12H,8-9H2,1-3H3,(H2,20,21). The van der Waals surface area contributed by atoms with Crippen LogP contribution in [0.25, 0.3) is 11.0 Å². The van der Waals surface area contributed by atoms with Crippen molar-refractivity contribution in [3.8, 4) is 5.75 Å². The van der Waals surface area contributed by atoms with Crippen LogP contribution in [0.15, 0.2) is 24.3 Å². The Morgan fingerprint density at radius 3 is 2.88 bits per heavy atom. The normalized spacial score (nSPS) is 16.9. The van der Waals surface area contributed by atoms with Crippen LogP contribution in [0, 0.1) is 6.92 Å². The first kappa shape index (κ1) is 15.6. The molecule has 0 aliphatic heterocycles. The van der Waals surface area contributed by atoms with E-state index in [0.29, 0.717) is 24.1 Å². The van der Waals surface area contributed by atoms with E-state index >= 15 is 0 Å². The fraction of sp³-hybridized carbons (Fsp3) is 0.316. The highest BCUT2D eigenvalue weighted by molar-refractivity contribution is 6.09. The van der Waals surface area contributed by atoms with Gasteiger partial charge in [-0.2, -0.15) is 5.10 Å². The van der Waals surface area contributed by atoms with E-state index in [0.717, 1.165) is 33.7 Å².